The van der Waals surface area contributed by atoms with Crippen LogP contribution in [0.4, 0.5) is 9.18 Å². The van der Waals surface area contributed by atoms with Crippen LogP contribution in [-0.4, -0.2) is 47.6 Å². The first-order valence-corrected chi connectivity index (χ1v) is 9.22. The molecule has 0 spiro atoms. The SMILES string of the molecule is [NH3+][C@H]1CCCC[C@H]1N=C[C@@H]1C(=O)NC(=O)N(CCc2ccc(F)cc2)C1=O. The Balaban J connectivity index is 1.66. The number of carbonyl (C=O) groups is 3. The van der Waals surface area contributed by atoms with Crippen LogP contribution in [0.3, 0.4) is 0 Å². The molecule has 3 rings (SSSR count). The minimum absolute atomic E-state index is 0.00430. The molecule has 1 aliphatic carbocycles. The van der Waals surface area contributed by atoms with Crippen LogP contribution in [0.25, 0.3) is 0 Å². The van der Waals surface area contributed by atoms with Gasteiger partial charge < -0.3 is 5.73 Å². The van der Waals surface area contributed by atoms with E-state index in [-0.39, 0.29) is 24.4 Å². The number of nitrogens with one attached hydrogen (secondary N) is 1. The number of imide groups is 2. The van der Waals surface area contributed by atoms with Crippen LogP contribution in [0.1, 0.15) is 31.2 Å². The van der Waals surface area contributed by atoms with Gasteiger partial charge in [-0.1, -0.05) is 18.6 Å². The Hall–Kier alpha value is -2.61. The van der Waals surface area contributed by atoms with Gasteiger partial charge in [0.1, 0.15) is 17.9 Å². The summed E-state index contributed by atoms with van der Waals surface area (Å²) >= 11 is 0. The number of halogens is 1. The standard InChI is InChI=1S/C19H23FN4O3/c20-13-7-5-12(6-8-13)9-10-24-18(26)14(17(25)23-19(24)27)11-22-16-4-2-1-3-15(16)21/h5-8,11,14-16H,1-4,9-10,21H2,(H,23,25,27)/p+1/t14-,15+,16-/m1/s1. The fourth-order valence-corrected chi connectivity index (χ4v) is 3.45. The smallest absolute Gasteiger partial charge is 0.330 e. The van der Waals surface area contributed by atoms with Gasteiger partial charge in [-0.15, -0.1) is 0 Å². The Kier molecular flexibility index (Phi) is 5.95. The minimum atomic E-state index is -1.11. The normalized spacial score (nSPS) is 26.5. The molecule has 144 valence electrons. The summed E-state index contributed by atoms with van der Waals surface area (Å²) in [5, 5.41) is 2.21. The van der Waals surface area contributed by atoms with Crippen LogP contribution in [0.15, 0.2) is 29.3 Å². The quantitative estimate of drug-likeness (QED) is 0.584. The highest BCUT2D eigenvalue weighted by Crippen LogP contribution is 2.19. The van der Waals surface area contributed by atoms with Gasteiger partial charge in [0.25, 0.3) is 0 Å². The van der Waals surface area contributed by atoms with Crippen molar-refractivity contribution in [3.8, 4) is 0 Å². The second-order valence-corrected chi connectivity index (χ2v) is 7.05. The van der Waals surface area contributed by atoms with Crippen molar-refractivity contribution in [2.24, 2.45) is 10.9 Å². The first-order chi connectivity index (χ1) is 13.0. The number of rotatable bonds is 5. The molecular weight excluding hydrogens is 351 g/mol. The van der Waals surface area contributed by atoms with Gasteiger partial charge in [0.05, 0.1) is 0 Å². The third kappa shape index (κ3) is 4.57. The summed E-state index contributed by atoms with van der Waals surface area (Å²) in [5.41, 5.74) is 4.88. The lowest BCUT2D eigenvalue weighted by Gasteiger charge is -2.29. The number of benzene rings is 1. The molecule has 1 aliphatic heterocycles. The van der Waals surface area contributed by atoms with E-state index in [1.54, 1.807) is 12.1 Å². The van der Waals surface area contributed by atoms with Crippen LogP contribution in [0.2, 0.25) is 0 Å². The van der Waals surface area contributed by atoms with Gasteiger partial charge in [0.15, 0.2) is 5.92 Å². The molecule has 0 radical (unpaired) electrons. The van der Waals surface area contributed by atoms with Crippen LogP contribution in [0.5, 0.6) is 0 Å². The average molecular weight is 375 g/mol. The topological polar surface area (TPSA) is 106 Å². The van der Waals surface area contributed by atoms with E-state index in [0.717, 1.165) is 36.1 Å². The fourth-order valence-electron chi connectivity index (χ4n) is 3.45. The van der Waals surface area contributed by atoms with Crippen molar-refractivity contribution in [2.75, 3.05) is 6.54 Å². The second-order valence-electron chi connectivity index (χ2n) is 7.05. The van der Waals surface area contributed by atoms with E-state index >= 15 is 0 Å². The lowest BCUT2D eigenvalue weighted by atomic mass is 9.91. The summed E-state index contributed by atoms with van der Waals surface area (Å²) in [6.45, 7) is 0.106. The fraction of sp³-hybridized carbons (Fsp3) is 0.474. The zero-order chi connectivity index (χ0) is 19.4. The second kappa shape index (κ2) is 8.39. The van der Waals surface area contributed by atoms with Crippen molar-refractivity contribution in [1.29, 1.82) is 0 Å². The number of carbonyl (C=O) groups excluding carboxylic acids is 3. The predicted molar refractivity (Wildman–Crippen MR) is 96.3 cm³/mol. The lowest BCUT2D eigenvalue weighted by Crippen LogP contribution is -2.66. The van der Waals surface area contributed by atoms with Gasteiger partial charge in [0.2, 0.25) is 11.8 Å². The molecule has 1 saturated heterocycles. The van der Waals surface area contributed by atoms with E-state index in [1.165, 1.54) is 18.3 Å². The summed E-state index contributed by atoms with van der Waals surface area (Å²) in [6, 6.07) is 5.30. The van der Waals surface area contributed by atoms with E-state index in [1.807, 2.05) is 0 Å². The largest absolute Gasteiger partial charge is 0.353 e. The Morgan fingerprint density at radius 3 is 2.59 bits per heavy atom. The molecule has 7 nitrogen and oxygen atoms in total. The van der Waals surface area contributed by atoms with Crippen LogP contribution in [0, 0.1) is 11.7 Å². The molecule has 4 N–H and O–H groups in total. The van der Waals surface area contributed by atoms with Crippen LogP contribution in [-0.2, 0) is 16.0 Å². The molecule has 2 aliphatic rings. The molecule has 4 amide bonds. The van der Waals surface area contributed by atoms with Crippen molar-refractivity contribution in [3.63, 3.8) is 0 Å². The maximum atomic E-state index is 13.0. The van der Waals surface area contributed by atoms with Gasteiger partial charge in [0, 0.05) is 19.2 Å². The molecule has 2 fully saturated rings. The molecule has 8 heteroatoms. The van der Waals surface area contributed by atoms with E-state index < -0.39 is 23.8 Å². The number of aliphatic imine (C=N–C) groups is 1. The van der Waals surface area contributed by atoms with E-state index in [0.29, 0.717) is 6.42 Å². The lowest BCUT2D eigenvalue weighted by molar-refractivity contribution is -0.428. The third-order valence-electron chi connectivity index (χ3n) is 5.12. The molecule has 1 aromatic rings. The summed E-state index contributed by atoms with van der Waals surface area (Å²) < 4.78 is 13.0. The van der Waals surface area contributed by atoms with E-state index in [2.05, 4.69) is 16.0 Å². The molecule has 1 heterocycles. The third-order valence-corrected chi connectivity index (χ3v) is 5.12. The zero-order valence-electron chi connectivity index (χ0n) is 15.1. The zero-order valence-corrected chi connectivity index (χ0v) is 15.1. The molecule has 0 unspecified atom stereocenters. The number of hydrogen-bond donors (Lipinski definition) is 2. The Morgan fingerprint density at radius 1 is 1.19 bits per heavy atom. The molecule has 27 heavy (non-hydrogen) atoms. The van der Waals surface area contributed by atoms with Gasteiger partial charge in [-0.2, -0.15) is 0 Å². The molecular formula is C19H24FN4O3+. The summed E-state index contributed by atoms with van der Waals surface area (Å²) in [6.07, 6.45) is 5.79. The predicted octanol–water partition coefficient (Wildman–Crippen LogP) is 0.687. The molecule has 0 aromatic heterocycles. The van der Waals surface area contributed by atoms with Gasteiger partial charge in [-0.05, 0) is 37.0 Å². The summed E-state index contributed by atoms with van der Waals surface area (Å²) in [5.74, 6) is -2.68. The number of urea groups is 1. The minimum Gasteiger partial charge on any atom is -0.353 e. The molecule has 0 bridgehead atoms. The molecule has 1 aromatic carbocycles. The number of nitrogens with zero attached hydrogens (tertiary/aromatic N) is 2. The highest BCUT2D eigenvalue weighted by atomic mass is 19.1. The average Bonchev–Trinajstić information content (AvgIpc) is 2.64. The van der Waals surface area contributed by atoms with Crippen molar-refractivity contribution in [2.45, 2.75) is 44.2 Å². The highest BCUT2D eigenvalue weighted by Gasteiger charge is 2.39. The maximum Gasteiger partial charge on any atom is 0.330 e. The van der Waals surface area contributed by atoms with Crippen molar-refractivity contribution < 1.29 is 24.5 Å². The van der Waals surface area contributed by atoms with Gasteiger partial charge in [-0.3, -0.25) is 24.8 Å². The van der Waals surface area contributed by atoms with E-state index in [9.17, 15) is 18.8 Å². The van der Waals surface area contributed by atoms with Crippen LogP contribution >= 0.6 is 0 Å². The first kappa shape index (κ1) is 19.2. The van der Waals surface area contributed by atoms with Crippen molar-refractivity contribution in [3.05, 3.63) is 35.6 Å². The first-order valence-electron chi connectivity index (χ1n) is 9.22. The van der Waals surface area contributed by atoms with Gasteiger partial charge in [-0.25, -0.2) is 9.18 Å². The number of hydrogen-bond acceptors (Lipinski definition) is 4. The number of amides is 4. The Labute approximate surface area is 156 Å². The van der Waals surface area contributed by atoms with Crippen molar-refractivity contribution >= 4 is 24.1 Å². The summed E-state index contributed by atoms with van der Waals surface area (Å²) in [4.78, 5) is 42.2. The monoisotopic (exact) mass is 375 g/mol. The maximum absolute atomic E-state index is 13.0. The van der Waals surface area contributed by atoms with Crippen LogP contribution < -0.4 is 11.1 Å². The molecule has 3 atom stereocenters. The Bertz CT molecular complexity index is 750. The van der Waals surface area contributed by atoms with Crippen molar-refractivity contribution in [1.82, 2.24) is 10.2 Å². The molecule has 1 saturated carbocycles. The highest BCUT2D eigenvalue weighted by molar-refractivity contribution is 6.23. The Morgan fingerprint density at radius 2 is 1.89 bits per heavy atom. The van der Waals surface area contributed by atoms with Gasteiger partial charge >= 0.3 is 6.03 Å². The van der Waals surface area contributed by atoms with E-state index in [4.69, 9.17) is 0 Å². The summed E-state index contributed by atoms with van der Waals surface area (Å²) in [7, 11) is 0. The number of quaternary nitrogens is 1. The number of barbiturate groups is 1.